The smallest absolute Gasteiger partial charge is 0.243 e. The molecule has 2 aromatic carbocycles. The van der Waals surface area contributed by atoms with Crippen LogP contribution < -0.4 is 0 Å². The highest BCUT2D eigenvalue weighted by Crippen LogP contribution is 2.40. The SMILES string of the molecule is Cc1ccc(S(=O)(=O)N2CCC(O)(c3ccccc3)/C(=C/C(C)(C)C)C2)cc1. The van der Waals surface area contributed by atoms with Crippen LogP contribution in [0.4, 0.5) is 0 Å². The number of nitrogens with zero attached hydrogens (tertiary/aromatic N) is 1. The molecule has 0 aliphatic carbocycles. The van der Waals surface area contributed by atoms with Crippen LogP contribution in [0.2, 0.25) is 0 Å². The molecule has 1 saturated heterocycles. The lowest BCUT2D eigenvalue weighted by Crippen LogP contribution is -2.47. The third kappa shape index (κ3) is 4.22. The lowest BCUT2D eigenvalue weighted by atomic mass is 9.78. The standard InChI is InChI=1S/C23H29NO3S/c1-18-10-12-21(13-11-18)28(26,27)24-15-14-23(25,19-8-6-5-7-9-19)20(17-24)16-22(2,3)4/h5-13,16,25H,14-15,17H2,1-4H3/b20-16+. The van der Waals surface area contributed by atoms with Crippen molar-refractivity contribution in [3.05, 3.63) is 77.4 Å². The maximum Gasteiger partial charge on any atom is 0.243 e. The summed E-state index contributed by atoms with van der Waals surface area (Å²) in [5, 5.41) is 11.6. The zero-order chi connectivity index (χ0) is 20.6. The molecule has 1 unspecified atom stereocenters. The van der Waals surface area contributed by atoms with Gasteiger partial charge >= 0.3 is 0 Å². The van der Waals surface area contributed by atoms with Crippen LogP contribution in [-0.4, -0.2) is 30.9 Å². The predicted molar refractivity (Wildman–Crippen MR) is 112 cm³/mol. The molecule has 0 radical (unpaired) electrons. The summed E-state index contributed by atoms with van der Waals surface area (Å²) in [6, 6.07) is 16.4. The molecule has 150 valence electrons. The number of aliphatic hydroxyl groups is 1. The zero-order valence-electron chi connectivity index (χ0n) is 17.0. The number of aryl methyl sites for hydroxylation is 1. The summed E-state index contributed by atoms with van der Waals surface area (Å²) < 4.78 is 27.8. The number of hydrogen-bond acceptors (Lipinski definition) is 3. The van der Waals surface area contributed by atoms with Crippen molar-refractivity contribution in [1.82, 2.24) is 4.31 Å². The highest BCUT2D eigenvalue weighted by atomic mass is 32.2. The topological polar surface area (TPSA) is 57.6 Å². The van der Waals surface area contributed by atoms with Crippen molar-refractivity contribution in [2.24, 2.45) is 5.41 Å². The molecule has 5 heteroatoms. The molecule has 28 heavy (non-hydrogen) atoms. The van der Waals surface area contributed by atoms with Crippen LogP contribution >= 0.6 is 0 Å². The summed E-state index contributed by atoms with van der Waals surface area (Å²) >= 11 is 0. The van der Waals surface area contributed by atoms with Gasteiger partial charge in [0.15, 0.2) is 0 Å². The van der Waals surface area contributed by atoms with Crippen LogP contribution in [0.1, 0.15) is 38.3 Å². The van der Waals surface area contributed by atoms with E-state index in [4.69, 9.17) is 0 Å². The Hall–Kier alpha value is -1.95. The van der Waals surface area contributed by atoms with E-state index in [9.17, 15) is 13.5 Å². The summed E-state index contributed by atoms with van der Waals surface area (Å²) in [5.41, 5.74) is 1.21. The van der Waals surface area contributed by atoms with Gasteiger partial charge in [0.1, 0.15) is 5.60 Å². The second-order valence-electron chi connectivity index (χ2n) is 8.66. The molecule has 4 nitrogen and oxygen atoms in total. The average molecular weight is 400 g/mol. The largest absolute Gasteiger partial charge is 0.381 e. The van der Waals surface area contributed by atoms with Gasteiger partial charge < -0.3 is 5.11 Å². The van der Waals surface area contributed by atoms with Gasteiger partial charge in [-0.2, -0.15) is 4.31 Å². The fourth-order valence-electron chi connectivity index (χ4n) is 3.64. The van der Waals surface area contributed by atoms with E-state index >= 15 is 0 Å². The Morgan fingerprint density at radius 3 is 2.21 bits per heavy atom. The summed E-state index contributed by atoms with van der Waals surface area (Å²) in [5.74, 6) is 0. The van der Waals surface area contributed by atoms with Gasteiger partial charge in [0.2, 0.25) is 10.0 Å². The maximum atomic E-state index is 13.2. The lowest BCUT2D eigenvalue weighted by Gasteiger charge is -2.41. The van der Waals surface area contributed by atoms with Crippen molar-refractivity contribution in [1.29, 1.82) is 0 Å². The van der Waals surface area contributed by atoms with Gasteiger partial charge in [-0.1, -0.05) is 74.9 Å². The molecule has 1 aliphatic rings. The Balaban J connectivity index is 2.00. The third-order valence-electron chi connectivity index (χ3n) is 5.12. The minimum Gasteiger partial charge on any atom is -0.381 e. The molecule has 0 spiro atoms. The van der Waals surface area contributed by atoms with Crippen molar-refractivity contribution in [2.75, 3.05) is 13.1 Å². The first-order chi connectivity index (χ1) is 13.0. The normalized spacial score (nSPS) is 23.1. The van der Waals surface area contributed by atoms with E-state index in [1.807, 2.05) is 55.5 Å². The monoisotopic (exact) mass is 399 g/mol. The van der Waals surface area contributed by atoms with E-state index in [-0.39, 0.29) is 18.5 Å². The highest BCUT2D eigenvalue weighted by molar-refractivity contribution is 7.89. The van der Waals surface area contributed by atoms with Gasteiger partial charge in [0.25, 0.3) is 0 Å². The van der Waals surface area contributed by atoms with Crippen molar-refractivity contribution in [3.63, 3.8) is 0 Å². The van der Waals surface area contributed by atoms with Crippen LogP contribution in [0, 0.1) is 12.3 Å². The van der Waals surface area contributed by atoms with E-state index in [1.165, 1.54) is 4.31 Å². The van der Waals surface area contributed by atoms with Crippen LogP contribution in [0.5, 0.6) is 0 Å². The molecule has 0 bridgehead atoms. The fourth-order valence-corrected chi connectivity index (χ4v) is 5.06. The minimum absolute atomic E-state index is 0.179. The molecule has 1 N–H and O–H groups in total. The Bertz CT molecular complexity index is 957. The van der Waals surface area contributed by atoms with Gasteiger partial charge in [-0.25, -0.2) is 8.42 Å². The quantitative estimate of drug-likeness (QED) is 0.785. The first-order valence-corrected chi connectivity index (χ1v) is 11.0. The molecule has 1 fully saturated rings. The Morgan fingerprint density at radius 2 is 1.64 bits per heavy atom. The zero-order valence-corrected chi connectivity index (χ0v) is 17.8. The lowest BCUT2D eigenvalue weighted by molar-refractivity contribution is 0.0387. The van der Waals surface area contributed by atoms with Gasteiger partial charge in [0.05, 0.1) is 4.90 Å². The Kier molecular flexibility index (Phi) is 5.54. The number of piperidine rings is 1. The van der Waals surface area contributed by atoms with E-state index in [2.05, 4.69) is 20.8 Å². The molecule has 1 atom stereocenters. The van der Waals surface area contributed by atoms with Gasteiger partial charge in [0, 0.05) is 13.1 Å². The molecule has 0 saturated carbocycles. The first kappa shape index (κ1) is 20.8. The van der Waals surface area contributed by atoms with Gasteiger partial charge in [-0.05, 0) is 42.0 Å². The second-order valence-corrected chi connectivity index (χ2v) is 10.6. The molecule has 0 aromatic heterocycles. The van der Waals surface area contributed by atoms with Gasteiger partial charge in [-0.15, -0.1) is 0 Å². The van der Waals surface area contributed by atoms with Crippen molar-refractivity contribution in [2.45, 2.75) is 44.6 Å². The van der Waals surface area contributed by atoms with Crippen molar-refractivity contribution >= 4 is 10.0 Å². The molecule has 1 aliphatic heterocycles. The number of sulfonamides is 1. The summed E-state index contributed by atoms with van der Waals surface area (Å²) in [7, 11) is -3.62. The van der Waals surface area contributed by atoms with E-state index in [0.29, 0.717) is 11.3 Å². The summed E-state index contributed by atoms with van der Waals surface area (Å²) in [4.78, 5) is 0.290. The number of rotatable bonds is 3. The highest BCUT2D eigenvalue weighted by Gasteiger charge is 2.42. The van der Waals surface area contributed by atoms with Crippen LogP contribution in [-0.2, 0) is 15.6 Å². The number of allylic oxidation sites excluding steroid dienone is 1. The van der Waals surface area contributed by atoms with E-state index < -0.39 is 15.6 Å². The molecular formula is C23H29NO3S. The second kappa shape index (κ2) is 7.47. The Morgan fingerprint density at radius 1 is 1.04 bits per heavy atom. The molecule has 2 aromatic rings. The summed E-state index contributed by atoms with van der Waals surface area (Å²) in [6.45, 7) is 8.54. The molecule has 0 amide bonds. The van der Waals surface area contributed by atoms with Crippen molar-refractivity contribution < 1.29 is 13.5 Å². The molecular weight excluding hydrogens is 370 g/mol. The fraction of sp³-hybridized carbons (Fsp3) is 0.391. The van der Waals surface area contributed by atoms with Crippen LogP contribution in [0.25, 0.3) is 0 Å². The molecule has 1 heterocycles. The third-order valence-corrected chi connectivity index (χ3v) is 6.98. The Labute approximate surface area is 168 Å². The maximum absolute atomic E-state index is 13.2. The molecule has 3 rings (SSSR count). The predicted octanol–water partition coefficient (Wildman–Crippen LogP) is 4.25. The first-order valence-electron chi connectivity index (χ1n) is 9.59. The number of hydrogen-bond donors (Lipinski definition) is 1. The van der Waals surface area contributed by atoms with E-state index in [0.717, 1.165) is 16.7 Å². The van der Waals surface area contributed by atoms with E-state index in [1.54, 1.807) is 12.1 Å². The van der Waals surface area contributed by atoms with Crippen LogP contribution in [0.3, 0.4) is 0 Å². The summed E-state index contributed by atoms with van der Waals surface area (Å²) in [6.07, 6.45) is 2.33. The van der Waals surface area contributed by atoms with Crippen LogP contribution in [0.15, 0.2) is 71.1 Å². The van der Waals surface area contributed by atoms with Crippen molar-refractivity contribution in [3.8, 4) is 0 Å². The number of benzene rings is 2. The van der Waals surface area contributed by atoms with Gasteiger partial charge in [-0.3, -0.25) is 0 Å². The average Bonchev–Trinajstić information content (AvgIpc) is 2.63. The minimum atomic E-state index is -3.62.